The van der Waals surface area contributed by atoms with Gasteiger partial charge in [-0.2, -0.15) is 0 Å². The number of pyridine rings is 1. The zero-order chi connectivity index (χ0) is 12.1. The average Bonchev–Trinajstić information content (AvgIpc) is 2.36. The molecule has 0 aliphatic carbocycles. The van der Waals surface area contributed by atoms with Gasteiger partial charge in [0.2, 0.25) is 0 Å². The van der Waals surface area contributed by atoms with Gasteiger partial charge in [-0.05, 0) is 31.9 Å². The van der Waals surface area contributed by atoms with Crippen LogP contribution in [0, 0.1) is 0 Å². The van der Waals surface area contributed by atoms with Crippen molar-refractivity contribution in [3.63, 3.8) is 0 Å². The van der Waals surface area contributed by atoms with Gasteiger partial charge in [0.1, 0.15) is 0 Å². The smallest absolute Gasteiger partial charge is 0.0572 e. The maximum atomic E-state index is 5.93. The lowest BCUT2D eigenvalue weighted by Gasteiger charge is -2.26. The van der Waals surface area contributed by atoms with Crippen LogP contribution in [0.15, 0.2) is 18.3 Å². The zero-order valence-corrected chi connectivity index (χ0v) is 10.8. The molecule has 1 rings (SSSR count). The molecule has 1 heterocycles. The van der Waals surface area contributed by atoms with E-state index in [9.17, 15) is 0 Å². The number of hydrogen-bond donors (Lipinski definition) is 1. The van der Waals surface area contributed by atoms with E-state index >= 15 is 0 Å². The molecule has 1 aromatic heterocycles. The molecule has 2 N–H and O–H groups in total. The summed E-state index contributed by atoms with van der Waals surface area (Å²) in [7, 11) is 2.10. The summed E-state index contributed by atoms with van der Waals surface area (Å²) in [6, 6.07) is 4.72. The van der Waals surface area contributed by atoms with Crippen LogP contribution in [0.3, 0.4) is 0 Å². The zero-order valence-electron chi connectivity index (χ0n) is 10.8. The molecule has 0 bridgehead atoms. The quantitative estimate of drug-likeness (QED) is 0.831. The van der Waals surface area contributed by atoms with Crippen molar-refractivity contribution in [1.82, 2.24) is 4.98 Å². The first-order valence-corrected chi connectivity index (χ1v) is 6.04. The van der Waals surface area contributed by atoms with E-state index in [2.05, 4.69) is 43.8 Å². The van der Waals surface area contributed by atoms with E-state index in [1.54, 1.807) is 0 Å². The van der Waals surface area contributed by atoms with Crippen LogP contribution in [0.25, 0.3) is 0 Å². The van der Waals surface area contributed by atoms with Gasteiger partial charge in [-0.1, -0.05) is 13.8 Å². The fourth-order valence-electron chi connectivity index (χ4n) is 1.56. The second-order valence-electron chi connectivity index (χ2n) is 4.32. The molecule has 0 aromatic carbocycles. The number of nitrogens with zero attached hydrogens (tertiary/aromatic N) is 2. The third kappa shape index (κ3) is 2.95. The Morgan fingerprint density at radius 3 is 2.44 bits per heavy atom. The summed E-state index contributed by atoms with van der Waals surface area (Å²) >= 11 is 0. The van der Waals surface area contributed by atoms with Crippen molar-refractivity contribution in [2.24, 2.45) is 5.73 Å². The molecule has 0 radical (unpaired) electrons. The molecule has 90 valence electrons. The van der Waals surface area contributed by atoms with Crippen LogP contribution in [0.1, 0.15) is 45.3 Å². The second-order valence-corrected chi connectivity index (χ2v) is 4.32. The van der Waals surface area contributed by atoms with E-state index in [1.807, 2.05) is 12.3 Å². The minimum absolute atomic E-state index is 0.0583. The lowest BCUT2D eigenvalue weighted by atomic mass is 10.1. The van der Waals surface area contributed by atoms with Crippen LogP contribution in [0.4, 0.5) is 5.69 Å². The minimum atomic E-state index is 0.0583. The van der Waals surface area contributed by atoms with E-state index in [-0.39, 0.29) is 6.04 Å². The molecule has 3 heteroatoms. The topological polar surface area (TPSA) is 42.1 Å². The summed E-state index contributed by atoms with van der Waals surface area (Å²) in [5.74, 6) is 0. The van der Waals surface area contributed by atoms with E-state index in [0.717, 1.165) is 24.2 Å². The maximum absolute atomic E-state index is 5.93. The fourth-order valence-corrected chi connectivity index (χ4v) is 1.56. The van der Waals surface area contributed by atoms with Gasteiger partial charge in [-0.15, -0.1) is 0 Å². The molecule has 0 saturated carbocycles. The number of rotatable bonds is 5. The van der Waals surface area contributed by atoms with Gasteiger partial charge in [0.05, 0.1) is 17.6 Å². The van der Waals surface area contributed by atoms with E-state index in [4.69, 9.17) is 5.73 Å². The van der Waals surface area contributed by atoms with Crippen molar-refractivity contribution < 1.29 is 0 Å². The number of aromatic nitrogens is 1. The predicted octanol–water partition coefficient (Wildman–Crippen LogP) is 2.73. The van der Waals surface area contributed by atoms with Crippen LogP contribution in [0.2, 0.25) is 0 Å². The van der Waals surface area contributed by atoms with Gasteiger partial charge >= 0.3 is 0 Å². The minimum Gasteiger partial charge on any atom is -0.371 e. The Hall–Kier alpha value is -1.09. The largest absolute Gasteiger partial charge is 0.371 e. The average molecular weight is 221 g/mol. The highest BCUT2D eigenvalue weighted by molar-refractivity contribution is 5.44. The molecule has 0 aliphatic heterocycles. The number of nitrogens with two attached hydrogens (primary N) is 1. The fraction of sp³-hybridized carbons (Fsp3) is 0.615. The summed E-state index contributed by atoms with van der Waals surface area (Å²) < 4.78 is 0. The number of anilines is 1. The summed E-state index contributed by atoms with van der Waals surface area (Å²) in [6.45, 7) is 6.48. The van der Waals surface area contributed by atoms with Crippen LogP contribution in [0.5, 0.6) is 0 Å². The summed E-state index contributed by atoms with van der Waals surface area (Å²) in [5, 5.41) is 0. The first-order chi connectivity index (χ1) is 7.60. The molecule has 0 aliphatic rings. The predicted molar refractivity (Wildman–Crippen MR) is 69.6 cm³/mol. The highest BCUT2D eigenvalue weighted by Gasteiger charge is 2.09. The van der Waals surface area contributed by atoms with Gasteiger partial charge in [-0.25, -0.2) is 0 Å². The second kappa shape index (κ2) is 5.85. The van der Waals surface area contributed by atoms with Gasteiger partial charge in [-0.3, -0.25) is 4.98 Å². The van der Waals surface area contributed by atoms with Crippen molar-refractivity contribution >= 4 is 5.69 Å². The van der Waals surface area contributed by atoms with Crippen LogP contribution < -0.4 is 10.6 Å². The third-order valence-corrected chi connectivity index (χ3v) is 3.25. The molecule has 0 fully saturated rings. The Morgan fingerprint density at radius 1 is 1.31 bits per heavy atom. The lowest BCUT2D eigenvalue weighted by molar-refractivity contribution is 0.656. The molecule has 16 heavy (non-hydrogen) atoms. The van der Waals surface area contributed by atoms with Crippen molar-refractivity contribution in [2.45, 2.75) is 45.7 Å². The van der Waals surface area contributed by atoms with Crippen molar-refractivity contribution in [3.8, 4) is 0 Å². The monoisotopic (exact) mass is 221 g/mol. The first kappa shape index (κ1) is 13.0. The van der Waals surface area contributed by atoms with Crippen LogP contribution >= 0.6 is 0 Å². The van der Waals surface area contributed by atoms with Crippen molar-refractivity contribution in [1.29, 1.82) is 0 Å². The lowest BCUT2D eigenvalue weighted by Crippen LogP contribution is -2.28. The van der Waals surface area contributed by atoms with Gasteiger partial charge in [0.25, 0.3) is 0 Å². The van der Waals surface area contributed by atoms with E-state index in [1.165, 1.54) is 0 Å². The molecule has 2 unspecified atom stereocenters. The van der Waals surface area contributed by atoms with E-state index < -0.39 is 0 Å². The molecule has 3 nitrogen and oxygen atoms in total. The first-order valence-electron chi connectivity index (χ1n) is 6.04. The van der Waals surface area contributed by atoms with Gasteiger partial charge in [0, 0.05) is 19.1 Å². The third-order valence-electron chi connectivity index (χ3n) is 3.25. The van der Waals surface area contributed by atoms with Gasteiger partial charge < -0.3 is 10.6 Å². The Labute approximate surface area is 98.7 Å². The SMILES string of the molecule is CCC(N)c1ccc(N(C)C(C)CC)cn1. The van der Waals surface area contributed by atoms with E-state index in [0.29, 0.717) is 6.04 Å². The van der Waals surface area contributed by atoms with Crippen LogP contribution in [-0.2, 0) is 0 Å². The molecular weight excluding hydrogens is 198 g/mol. The summed E-state index contributed by atoms with van der Waals surface area (Å²) in [5.41, 5.74) is 8.06. The Bertz CT molecular complexity index is 307. The summed E-state index contributed by atoms with van der Waals surface area (Å²) in [4.78, 5) is 6.66. The molecule has 0 amide bonds. The molecule has 0 spiro atoms. The normalized spacial score (nSPS) is 14.6. The molecule has 1 aromatic rings. The molecule has 2 atom stereocenters. The molecule has 0 saturated heterocycles. The standard InChI is InChI=1S/C13H23N3/c1-5-10(3)16(4)11-7-8-13(15-9-11)12(14)6-2/h7-10,12H,5-6,14H2,1-4H3. The van der Waals surface area contributed by atoms with Crippen molar-refractivity contribution in [2.75, 3.05) is 11.9 Å². The highest BCUT2D eigenvalue weighted by Crippen LogP contribution is 2.18. The van der Waals surface area contributed by atoms with Crippen molar-refractivity contribution in [3.05, 3.63) is 24.0 Å². The van der Waals surface area contributed by atoms with Gasteiger partial charge in [0.15, 0.2) is 0 Å². The number of hydrogen-bond acceptors (Lipinski definition) is 3. The highest BCUT2D eigenvalue weighted by atomic mass is 15.1. The summed E-state index contributed by atoms with van der Waals surface area (Å²) in [6.07, 6.45) is 3.97. The van der Waals surface area contributed by atoms with Crippen LogP contribution in [-0.4, -0.2) is 18.1 Å². The Kier molecular flexibility index (Phi) is 4.74. The maximum Gasteiger partial charge on any atom is 0.0572 e. The Morgan fingerprint density at radius 2 is 2.00 bits per heavy atom. The molecular formula is C13H23N3. The Balaban J connectivity index is 2.78.